The molecule has 0 unspecified atom stereocenters. The van der Waals surface area contributed by atoms with Crippen molar-refractivity contribution < 1.29 is 4.79 Å². The fourth-order valence-electron chi connectivity index (χ4n) is 3.58. The summed E-state index contributed by atoms with van der Waals surface area (Å²) in [6.07, 6.45) is 3.33. The van der Waals surface area contributed by atoms with Gasteiger partial charge in [-0.2, -0.15) is 5.10 Å². The van der Waals surface area contributed by atoms with Crippen LogP contribution in [0.15, 0.2) is 30.3 Å². The minimum atomic E-state index is -0.189. The molecule has 0 atom stereocenters. The summed E-state index contributed by atoms with van der Waals surface area (Å²) < 4.78 is 1.74. The van der Waals surface area contributed by atoms with Crippen molar-refractivity contribution in [2.24, 2.45) is 7.05 Å². The van der Waals surface area contributed by atoms with E-state index in [1.165, 1.54) is 17.5 Å². The lowest BCUT2D eigenvalue weighted by Crippen LogP contribution is -2.28. The fourth-order valence-corrected chi connectivity index (χ4v) is 3.70. The van der Waals surface area contributed by atoms with Crippen molar-refractivity contribution in [3.63, 3.8) is 0 Å². The van der Waals surface area contributed by atoms with Crippen LogP contribution in [-0.2, 0) is 24.7 Å². The molecular formula is C19H19ClN4O. The molecule has 2 aromatic heterocycles. The number of hydrogen-bond donors (Lipinski definition) is 0. The van der Waals surface area contributed by atoms with Crippen molar-refractivity contribution >= 4 is 40.0 Å². The van der Waals surface area contributed by atoms with E-state index in [0.717, 1.165) is 35.3 Å². The quantitative estimate of drug-likeness (QED) is 0.674. The first-order chi connectivity index (χ1) is 12.1. The molecule has 0 N–H and O–H groups in total. The van der Waals surface area contributed by atoms with Gasteiger partial charge in [0, 0.05) is 12.4 Å². The van der Waals surface area contributed by atoms with Gasteiger partial charge in [-0.1, -0.05) is 6.07 Å². The lowest BCUT2D eigenvalue weighted by Gasteiger charge is -2.22. The van der Waals surface area contributed by atoms with Crippen LogP contribution in [0.3, 0.4) is 0 Å². The van der Waals surface area contributed by atoms with Gasteiger partial charge in [-0.15, -0.1) is 11.6 Å². The number of fused-ring (bicyclic) bond motifs is 2. The number of aromatic nitrogens is 3. The molecular weight excluding hydrogens is 336 g/mol. The van der Waals surface area contributed by atoms with Crippen molar-refractivity contribution in [3.8, 4) is 0 Å². The van der Waals surface area contributed by atoms with Gasteiger partial charge in [0.2, 0.25) is 5.91 Å². The van der Waals surface area contributed by atoms with E-state index >= 15 is 0 Å². The molecule has 4 rings (SSSR count). The van der Waals surface area contributed by atoms with Crippen molar-refractivity contribution in [1.29, 1.82) is 0 Å². The SMILES string of the molecule is Cc1nn(C)c2nc(N(C(=O)CCl)c3ccc4c(c3)CCC4)ccc12. The Morgan fingerprint density at radius 2 is 2.04 bits per heavy atom. The minimum absolute atomic E-state index is 0.0960. The summed E-state index contributed by atoms with van der Waals surface area (Å²) >= 11 is 5.88. The summed E-state index contributed by atoms with van der Waals surface area (Å²) in [5.74, 6) is 0.283. The number of halogens is 1. The molecule has 0 saturated heterocycles. The van der Waals surface area contributed by atoms with Gasteiger partial charge in [-0.25, -0.2) is 4.98 Å². The molecule has 25 heavy (non-hydrogen) atoms. The van der Waals surface area contributed by atoms with Crippen molar-refractivity contribution in [3.05, 3.63) is 47.2 Å². The van der Waals surface area contributed by atoms with E-state index in [0.29, 0.717) is 5.82 Å². The van der Waals surface area contributed by atoms with Gasteiger partial charge < -0.3 is 0 Å². The molecule has 1 amide bonds. The number of anilines is 2. The normalized spacial score (nSPS) is 13.2. The standard InChI is InChI=1S/C19H19ClN4O/c1-12-16-8-9-17(21-19(16)23(2)22-12)24(18(25)11-20)15-7-6-13-4-3-5-14(13)10-15/h6-10H,3-5,11H2,1-2H3. The van der Waals surface area contributed by atoms with Crippen LogP contribution >= 0.6 is 11.6 Å². The van der Waals surface area contributed by atoms with E-state index in [2.05, 4.69) is 22.2 Å². The second-order valence-electron chi connectivity index (χ2n) is 6.42. The van der Waals surface area contributed by atoms with E-state index in [1.54, 1.807) is 9.58 Å². The van der Waals surface area contributed by atoms with Crippen LogP contribution in [0, 0.1) is 6.92 Å². The maximum Gasteiger partial charge on any atom is 0.247 e. The summed E-state index contributed by atoms with van der Waals surface area (Å²) in [4.78, 5) is 18.9. The molecule has 0 fully saturated rings. The predicted octanol–water partition coefficient (Wildman–Crippen LogP) is 3.67. The van der Waals surface area contributed by atoms with E-state index in [-0.39, 0.29) is 11.8 Å². The molecule has 0 bridgehead atoms. The molecule has 0 saturated carbocycles. The highest BCUT2D eigenvalue weighted by atomic mass is 35.5. The number of hydrogen-bond acceptors (Lipinski definition) is 3. The Morgan fingerprint density at radius 1 is 1.24 bits per heavy atom. The molecule has 128 valence electrons. The van der Waals surface area contributed by atoms with E-state index in [4.69, 9.17) is 11.6 Å². The zero-order valence-electron chi connectivity index (χ0n) is 14.3. The van der Waals surface area contributed by atoms with E-state index in [1.807, 2.05) is 32.2 Å². The van der Waals surface area contributed by atoms with Crippen molar-refractivity contribution in [1.82, 2.24) is 14.8 Å². The molecule has 0 radical (unpaired) electrons. The minimum Gasteiger partial charge on any atom is -0.273 e. The Morgan fingerprint density at radius 3 is 2.84 bits per heavy atom. The van der Waals surface area contributed by atoms with Crippen LogP contribution in [0.5, 0.6) is 0 Å². The highest BCUT2D eigenvalue weighted by Crippen LogP contribution is 2.31. The van der Waals surface area contributed by atoms with Crippen LogP contribution < -0.4 is 4.90 Å². The maximum absolute atomic E-state index is 12.6. The number of nitrogens with zero attached hydrogens (tertiary/aromatic N) is 4. The van der Waals surface area contributed by atoms with Gasteiger partial charge in [-0.05, 0) is 61.6 Å². The third-order valence-electron chi connectivity index (χ3n) is 4.79. The van der Waals surface area contributed by atoms with Crippen LogP contribution in [0.2, 0.25) is 0 Å². The van der Waals surface area contributed by atoms with Crippen LogP contribution in [-0.4, -0.2) is 26.6 Å². The topological polar surface area (TPSA) is 51.0 Å². The van der Waals surface area contributed by atoms with Gasteiger partial charge in [0.25, 0.3) is 0 Å². The number of benzene rings is 1. The number of rotatable bonds is 3. The van der Waals surface area contributed by atoms with E-state index in [9.17, 15) is 4.79 Å². The lowest BCUT2D eigenvalue weighted by atomic mass is 10.1. The monoisotopic (exact) mass is 354 g/mol. The molecule has 3 aromatic rings. The number of aryl methyl sites for hydroxylation is 4. The summed E-state index contributed by atoms with van der Waals surface area (Å²) in [5.41, 5.74) is 5.17. The number of carbonyl (C=O) groups excluding carboxylic acids is 1. The third kappa shape index (κ3) is 2.68. The average Bonchev–Trinajstić information content (AvgIpc) is 3.19. The number of carbonyl (C=O) groups is 1. The number of amides is 1. The molecule has 0 spiro atoms. The molecule has 6 heteroatoms. The summed E-state index contributed by atoms with van der Waals surface area (Å²) in [5, 5.41) is 5.38. The summed E-state index contributed by atoms with van der Waals surface area (Å²) in [6, 6.07) is 10.00. The zero-order chi connectivity index (χ0) is 17.6. The smallest absolute Gasteiger partial charge is 0.247 e. The molecule has 5 nitrogen and oxygen atoms in total. The second-order valence-corrected chi connectivity index (χ2v) is 6.69. The maximum atomic E-state index is 12.6. The lowest BCUT2D eigenvalue weighted by molar-refractivity contribution is -0.115. The second kappa shape index (κ2) is 6.15. The van der Waals surface area contributed by atoms with Crippen LogP contribution in [0.4, 0.5) is 11.5 Å². The average molecular weight is 355 g/mol. The van der Waals surface area contributed by atoms with E-state index < -0.39 is 0 Å². The highest BCUT2D eigenvalue weighted by molar-refractivity contribution is 6.30. The summed E-state index contributed by atoms with van der Waals surface area (Å²) in [6.45, 7) is 1.95. The van der Waals surface area contributed by atoms with Gasteiger partial charge in [0.1, 0.15) is 11.7 Å². The first-order valence-corrected chi connectivity index (χ1v) is 8.93. The van der Waals surface area contributed by atoms with Gasteiger partial charge in [0.05, 0.1) is 11.4 Å². The Labute approximate surface area is 151 Å². The van der Waals surface area contributed by atoms with Gasteiger partial charge in [0.15, 0.2) is 5.65 Å². The molecule has 1 aromatic carbocycles. The Balaban J connectivity index is 1.84. The molecule has 1 aliphatic rings. The summed E-state index contributed by atoms with van der Waals surface area (Å²) in [7, 11) is 1.86. The van der Waals surface area contributed by atoms with Gasteiger partial charge in [-0.3, -0.25) is 14.4 Å². The molecule has 1 aliphatic carbocycles. The Bertz CT molecular complexity index is 979. The number of pyridine rings is 1. The van der Waals surface area contributed by atoms with Gasteiger partial charge >= 0.3 is 0 Å². The third-order valence-corrected chi connectivity index (χ3v) is 5.02. The van der Waals surface area contributed by atoms with Crippen molar-refractivity contribution in [2.75, 3.05) is 10.8 Å². The Hall–Kier alpha value is -2.40. The molecule has 2 heterocycles. The van der Waals surface area contributed by atoms with Crippen LogP contribution in [0.1, 0.15) is 23.2 Å². The highest BCUT2D eigenvalue weighted by Gasteiger charge is 2.22. The first-order valence-electron chi connectivity index (χ1n) is 8.39. The predicted molar refractivity (Wildman–Crippen MR) is 99.6 cm³/mol. The molecule has 0 aliphatic heterocycles. The first kappa shape index (κ1) is 16.1. The van der Waals surface area contributed by atoms with Crippen molar-refractivity contribution in [2.45, 2.75) is 26.2 Å². The number of alkyl halides is 1. The fraction of sp³-hybridized carbons (Fsp3) is 0.316. The largest absolute Gasteiger partial charge is 0.273 e. The Kier molecular flexibility index (Phi) is 3.96. The zero-order valence-corrected chi connectivity index (χ0v) is 15.0. The van der Waals surface area contributed by atoms with Crippen LogP contribution in [0.25, 0.3) is 11.0 Å².